The van der Waals surface area contributed by atoms with Crippen molar-refractivity contribution in [3.63, 3.8) is 0 Å². The van der Waals surface area contributed by atoms with E-state index >= 15 is 0 Å². The van der Waals surface area contributed by atoms with Crippen LogP contribution in [0.5, 0.6) is 0 Å². The average Bonchev–Trinajstić information content (AvgIpc) is 1.88. The Morgan fingerprint density at radius 1 is 1.67 bits per heavy atom. The molecule has 2 nitrogen and oxygen atoms in total. The SMILES string of the molecule is [B]c1cc(C#N)ccn1. The van der Waals surface area contributed by atoms with Gasteiger partial charge < -0.3 is 0 Å². The van der Waals surface area contributed by atoms with Crippen LogP contribution in [0.3, 0.4) is 0 Å². The molecule has 0 bridgehead atoms. The van der Waals surface area contributed by atoms with E-state index in [2.05, 4.69) is 4.98 Å². The minimum absolute atomic E-state index is 0.383. The average molecular weight is 114 g/mol. The molecule has 0 saturated heterocycles. The maximum Gasteiger partial charge on any atom is 0.141 e. The molecule has 1 aromatic rings. The van der Waals surface area contributed by atoms with Gasteiger partial charge in [-0.3, -0.25) is 4.98 Å². The second-order valence-electron chi connectivity index (χ2n) is 1.58. The highest BCUT2D eigenvalue weighted by molar-refractivity contribution is 6.30. The van der Waals surface area contributed by atoms with Crippen molar-refractivity contribution in [3.8, 4) is 6.07 Å². The molecule has 0 saturated carbocycles. The van der Waals surface area contributed by atoms with Gasteiger partial charge in [-0.05, 0) is 17.7 Å². The first-order valence-electron chi connectivity index (χ1n) is 2.44. The molecular formula is C6H3BN2. The highest BCUT2D eigenvalue weighted by Gasteiger charge is 1.87. The standard InChI is InChI=1S/C6H3BN2/c7-6-3-5(4-8)1-2-9-6/h1-3H. The van der Waals surface area contributed by atoms with Gasteiger partial charge in [-0.25, -0.2) is 0 Å². The Morgan fingerprint density at radius 2 is 2.44 bits per heavy atom. The second kappa shape index (κ2) is 2.32. The first-order valence-corrected chi connectivity index (χ1v) is 2.44. The van der Waals surface area contributed by atoms with Crippen molar-refractivity contribution in [3.05, 3.63) is 23.9 Å². The minimum atomic E-state index is 0.383. The van der Waals surface area contributed by atoms with Crippen LogP contribution in [-0.4, -0.2) is 12.8 Å². The van der Waals surface area contributed by atoms with E-state index in [0.717, 1.165) is 0 Å². The van der Waals surface area contributed by atoms with Gasteiger partial charge in [-0.1, -0.05) is 0 Å². The molecule has 3 heteroatoms. The lowest BCUT2D eigenvalue weighted by Gasteiger charge is -1.88. The zero-order valence-corrected chi connectivity index (χ0v) is 4.70. The molecule has 0 atom stereocenters. The maximum atomic E-state index is 8.33. The van der Waals surface area contributed by atoms with Crippen molar-refractivity contribution < 1.29 is 0 Å². The topological polar surface area (TPSA) is 36.7 Å². The summed E-state index contributed by atoms with van der Waals surface area (Å²) in [5.41, 5.74) is 0.927. The molecule has 0 N–H and O–H groups in total. The summed E-state index contributed by atoms with van der Waals surface area (Å²) in [5.74, 6) is 0. The molecule has 1 heterocycles. The van der Waals surface area contributed by atoms with Crippen LogP contribution < -0.4 is 5.59 Å². The fourth-order valence-electron chi connectivity index (χ4n) is 0.518. The van der Waals surface area contributed by atoms with Crippen LogP contribution in [0.25, 0.3) is 0 Å². The van der Waals surface area contributed by atoms with E-state index in [4.69, 9.17) is 13.1 Å². The molecule has 1 aromatic heterocycles. The quantitative estimate of drug-likeness (QED) is 0.436. The number of pyridine rings is 1. The minimum Gasteiger partial charge on any atom is -0.273 e. The van der Waals surface area contributed by atoms with E-state index in [-0.39, 0.29) is 0 Å². The monoisotopic (exact) mass is 114 g/mol. The molecule has 0 fully saturated rings. The van der Waals surface area contributed by atoms with Gasteiger partial charge in [-0.2, -0.15) is 5.26 Å². The van der Waals surface area contributed by atoms with E-state index in [1.54, 1.807) is 6.07 Å². The number of hydrogen-bond donors (Lipinski definition) is 0. The van der Waals surface area contributed by atoms with Gasteiger partial charge in [0.2, 0.25) is 0 Å². The smallest absolute Gasteiger partial charge is 0.141 e. The van der Waals surface area contributed by atoms with E-state index in [9.17, 15) is 0 Å². The van der Waals surface area contributed by atoms with Gasteiger partial charge in [0, 0.05) is 6.20 Å². The van der Waals surface area contributed by atoms with Gasteiger partial charge in [-0.15, -0.1) is 0 Å². The van der Waals surface area contributed by atoms with Crippen LogP contribution in [0.15, 0.2) is 18.3 Å². The van der Waals surface area contributed by atoms with Crippen LogP contribution in [0.1, 0.15) is 5.56 Å². The molecule has 0 amide bonds. The van der Waals surface area contributed by atoms with Gasteiger partial charge in [0.25, 0.3) is 0 Å². The molecule has 0 spiro atoms. The van der Waals surface area contributed by atoms with Crippen LogP contribution in [0, 0.1) is 11.3 Å². The summed E-state index contributed by atoms with van der Waals surface area (Å²) in [6.45, 7) is 0. The highest BCUT2D eigenvalue weighted by Crippen LogP contribution is 1.87. The first kappa shape index (κ1) is 5.83. The highest BCUT2D eigenvalue weighted by atomic mass is 14.6. The van der Waals surface area contributed by atoms with Crippen LogP contribution >= 0.6 is 0 Å². The van der Waals surface area contributed by atoms with Crippen molar-refractivity contribution in [2.24, 2.45) is 0 Å². The predicted molar refractivity (Wildman–Crippen MR) is 34.3 cm³/mol. The summed E-state index contributed by atoms with van der Waals surface area (Å²) < 4.78 is 0. The summed E-state index contributed by atoms with van der Waals surface area (Å²) in [5, 5.41) is 8.33. The molecule has 0 aliphatic carbocycles. The fraction of sp³-hybridized carbons (Fsp3) is 0. The van der Waals surface area contributed by atoms with Crippen LogP contribution in [0.4, 0.5) is 0 Å². The summed E-state index contributed by atoms with van der Waals surface area (Å²) >= 11 is 0. The van der Waals surface area contributed by atoms with Crippen LogP contribution in [0.2, 0.25) is 0 Å². The van der Waals surface area contributed by atoms with E-state index < -0.39 is 0 Å². The Labute approximate surface area is 54.6 Å². The third-order valence-electron chi connectivity index (χ3n) is 0.910. The summed E-state index contributed by atoms with van der Waals surface area (Å²) in [7, 11) is 5.27. The van der Waals surface area contributed by atoms with Crippen molar-refractivity contribution in [1.29, 1.82) is 5.26 Å². The Balaban J connectivity index is 3.12. The Kier molecular flexibility index (Phi) is 1.50. The number of hydrogen-bond acceptors (Lipinski definition) is 2. The summed E-state index contributed by atoms with van der Waals surface area (Å²) in [4.78, 5) is 3.71. The molecule has 2 radical (unpaired) electrons. The molecule has 0 aliphatic heterocycles. The first-order chi connectivity index (χ1) is 4.33. The lowest BCUT2D eigenvalue weighted by molar-refractivity contribution is 1.36. The van der Waals surface area contributed by atoms with Gasteiger partial charge in [0.05, 0.1) is 11.6 Å². The summed E-state index contributed by atoms with van der Waals surface area (Å²) in [6, 6.07) is 5.08. The molecule has 0 unspecified atom stereocenters. The second-order valence-corrected chi connectivity index (χ2v) is 1.58. The Hall–Kier alpha value is -1.30. The molecule has 0 aliphatic rings. The molecule has 1 rings (SSSR count). The number of aromatic nitrogens is 1. The van der Waals surface area contributed by atoms with Gasteiger partial charge in [0.15, 0.2) is 0 Å². The molecule has 0 aromatic carbocycles. The van der Waals surface area contributed by atoms with Crippen LogP contribution in [-0.2, 0) is 0 Å². The lowest BCUT2D eigenvalue weighted by atomic mass is 10.0. The number of nitriles is 1. The summed E-state index contributed by atoms with van der Waals surface area (Å²) in [6.07, 6.45) is 1.51. The normalized spacial score (nSPS) is 8.33. The molecular weight excluding hydrogens is 111 g/mol. The van der Waals surface area contributed by atoms with Crippen molar-refractivity contribution >= 4 is 13.4 Å². The Bertz CT molecular complexity index is 251. The van der Waals surface area contributed by atoms with E-state index in [1.807, 2.05) is 6.07 Å². The fourth-order valence-corrected chi connectivity index (χ4v) is 0.518. The number of rotatable bonds is 0. The largest absolute Gasteiger partial charge is 0.273 e. The zero-order chi connectivity index (χ0) is 6.69. The number of nitrogens with zero attached hydrogens (tertiary/aromatic N) is 2. The van der Waals surface area contributed by atoms with Gasteiger partial charge in [0.1, 0.15) is 7.85 Å². The van der Waals surface area contributed by atoms with Crippen molar-refractivity contribution in [2.75, 3.05) is 0 Å². The Morgan fingerprint density at radius 3 is 2.89 bits per heavy atom. The zero-order valence-electron chi connectivity index (χ0n) is 4.70. The van der Waals surface area contributed by atoms with Gasteiger partial charge >= 0.3 is 0 Å². The predicted octanol–water partition coefficient (Wildman–Crippen LogP) is -0.253. The van der Waals surface area contributed by atoms with E-state index in [0.29, 0.717) is 11.2 Å². The third-order valence-corrected chi connectivity index (χ3v) is 0.910. The third kappa shape index (κ3) is 1.30. The lowest BCUT2D eigenvalue weighted by Crippen LogP contribution is -2.06. The molecule has 9 heavy (non-hydrogen) atoms. The van der Waals surface area contributed by atoms with Crippen molar-refractivity contribution in [1.82, 2.24) is 4.98 Å². The molecule has 40 valence electrons. The maximum absolute atomic E-state index is 8.33. The van der Waals surface area contributed by atoms with E-state index in [1.165, 1.54) is 12.3 Å². The van der Waals surface area contributed by atoms with Crippen molar-refractivity contribution in [2.45, 2.75) is 0 Å².